The van der Waals surface area contributed by atoms with E-state index in [4.69, 9.17) is 9.73 Å². The van der Waals surface area contributed by atoms with Gasteiger partial charge in [0.05, 0.1) is 12.7 Å². The number of halogens is 1. The Bertz CT molecular complexity index is 394. The molecule has 2 aliphatic rings. The molecule has 0 atom stereocenters. The number of unbranched alkanes of at least 4 members (excludes halogenated alkanes) is 1. The SMILES string of the molecule is CCNC(=NCCCCN1CCN(C)CC1)NCCOC1CCCCCC1.I. The first-order valence-electron chi connectivity index (χ1n) is 11.3. The Morgan fingerprint density at radius 1 is 1.00 bits per heavy atom. The van der Waals surface area contributed by atoms with Crippen molar-refractivity contribution in [2.24, 2.45) is 4.99 Å². The van der Waals surface area contributed by atoms with Gasteiger partial charge in [-0.15, -0.1) is 24.0 Å². The predicted molar refractivity (Wildman–Crippen MR) is 130 cm³/mol. The van der Waals surface area contributed by atoms with E-state index in [2.05, 4.69) is 34.4 Å². The molecule has 0 radical (unpaired) electrons. The van der Waals surface area contributed by atoms with E-state index in [0.717, 1.165) is 38.6 Å². The number of guanidine groups is 1. The summed E-state index contributed by atoms with van der Waals surface area (Å²) in [5, 5.41) is 6.76. The molecule has 1 saturated heterocycles. The average Bonchev–Trinajstić information content (AvgIpc) is 2.95. The summed E-state index contributed by atoms with van der Waals surface area (Å²) >= 11 is 0. The van der Waals surface area contributed by atoms with Crippen LogP contribution in [0.3, 0.4) is 0 Å². The molecule has 1 aliphatic heterocycles. The van der Waals surface area contributed by atoms with Crippen LogP contribution in [0.2, 0.25) is 0 Å². The van der Waals surface area contributed by atoms with Crippen LogP contribution in [0.25, 0.3) is 0 Å². The lowest BCUT2D eigenvalue weighted by molar-refractivity contribution is 0.0468. The summed E-state index contributed by atoms with van der Waals surface area (Å²) in [6.45, 7) is 11.6. The standard InChI is InChI=1S/C21H43N5O.HI/c1-3-22-21(24-13-19-27-20-10-6-4-5-7-11-20)23-12-8-9-14-26-17-15-25(2)16-18-26;/h20H,3-19H2,1-2H3,(H2,22,23,24);1H. The van der Waals surface area contributed by atoms with Crippen LogP contribution in [-0.2, 0) is 4.74 Å². The van der Waals surface area contributed by atoms with Gasteiger partial charge < -0.3 is 25.2 Å². The number of likely N-dealkylation sites (N-methyl/N-ethyl adjacent to an activating group) is 1. The third-order valence-electron chi connectivity index (χ3n) is 5.64. The van der Waals surface area contributed by atoms with Crippen molar-refractivity contribution < 1.29 is 4.74 Å². The Hall–Kier alpha value is -0.120. The van der Waals surface area contributed by atoms with Crippen LogP contribution >= 0.6 is 24.0 Å². The first-order chi connectivity index (χ1) is 13.3. The fourth-order valence-corrected chi connectivity index (χ4v) is 3.85. The topological polar surface area (TPSA) is 52.1 Å². The van der Waals surface area contributed by atoms with Crippen molar-refractivity contribution >= 4 is 29.9 Å². The molecule has 0 amide bonds. The van der Waals surface area contributed by atoms with Crippen molar-refractivity contribution in [1.82, 2.24) is 20.4 Å². The van der Waals surface area contributed by atoms with Crippen LogP contribution in [0.15, 0.2) is 4.99 Å². The maximum Gasteiger partial charge on any atom is 0.191 e. The fourth-order valence-electron chi connectivity index (χ4n) is 3.85. The van der Waals surface area contributed by atoms with Crippen molar-refractivity contribution in [1.29, 1.82) is 0 Å². The zero-order valence-corrected chi connectivity index (χ0v) is 20.6. The highest BCUT2D eigenvalue weighted by Gasteiger charge is 2.13. The van der Waals surface area contributed by atoms with Gasteiger partial charge in [-0.1, -0.05) is 25.7 Å². The highest BCUT2D eigenvalue weighted by molar-refractivity contribution is 14.0. The maximum absolute atomic E-state index is 6.06. The Morgan fingerprint density at radius 3 is 2.39 bits per heavy atom. The van der Waals surface area contributed by atoms with Gasteiger partial charge in [-0.05, 0) is 46.2 Å². The zero-order chi connectivity index (χ0) is 19.2. The van der Waals surface area contributed by atoms with E-state index < -0.39 is 0 Å². The molecule has 0 aromatic carbocycles. The fraction of sp³-hybridized carbons (Fsp3) is 0.952. The molecular weight excluding hydrogens is 465 g/mol. The molecule has 28 heavy (non-hydrogen) atoms. The third-order valence-corrected chi connectivity index (χ3v) is 5.64. The van der Waals surface area contributed by atoms with Gasteiger partial charge in [0.2, 0.25) is 0 Å². The van der Waals surface area contributed by atoms with Crippen LogP contribution in [0.5, 0.6) is 0 Å². The summed E-state index contributed by atoms with van der Waals surface area (Å²) in [5.74, 6) is 0.932. The van der Waals surface area contributed by atoms with E-state index in [9.17, 15) is 0 Å². The zero-order valence-electron chi connectivity index (χ0n) is 18.3. The van der Waals surface area contributed by atoms with Crippen LogP contribution < -0.4 is 10.6 Å². The molecular formula is C21H44IN5O. The molecule has 0 aromatic rings. The van der Waals surface area contributed by atoms with Gasteiger partial charge in [-0.3, -0.25) is 4.99 Å². The number of piperazine rings is 1. The molecule has 0 spiro atoms. The minimum Gasteiger partial charge on any atom is -0.376 e. The summed E-state index contributed by atoms with van der Waals surface area (Å²) in [6, 6.07) is 0. The molecule has 2 fully saturated rings. The normalized spacial score (nSPS) is 20.4. The summed E-state index contributed by atoms with van der Waals surface area (Å²) in [4.78, 5) is 9.71. The smallest absolute Gasteiger partial charge is 0.191 e. The molecule has 1 aliphatic carbocycles. The predicted octanol–water partition coefficient (Wildman–Crippen LogP) is 2.93. The molecule has 2 N–H and O–H groups in total. The molecule has 2 rings (SSSR count). The number of ether oxygens (including phenoxy) is 1. The quantitative estimate of drug-likeness (QED) is 0.156. The van der Waals surface area contributed by atoms with Gasteiger partial charge in [0.25, 0.3) is 0 Å². The minimum absolute atomic E-state index is 0. The lowest BCUT2D eigenvalue weighted by Gasteiger charge is -2.32. The lowest BCUT2D eigenvalue weighted by Crippen LogP contribution is -2.44. The highest BCUT2D eigenvalue weighted by Crippen LogP contribution is 2.19. The Morgan fingerprint density at radius 2 is 1.71 bits per heavy atom. The summed E-state index contributed by atoms with van der Waals surface area (Å²) in [5.41, 5.74) is 0. The monoisotopic (exact) mass is 509 g/mol. The molecule has 166 valence electrons. The largest absolute Gasteiger partial charge is 0.376 e. The molecule has 1 heterocycles. The van der Waals surface area contributed by atoms with E-state index in [1.807, 2.05) is 0 Å². The van der Waals surface area contributed by atoms with E-state index in [1.54, 1.807) is 0 Å². The molecule has 7 heteroatoms. The Kier molecular flexibility index (Phi) is 15.4. The lowest BCUT2D eigenvalue weighted by atomic mass is 10.1. The van der Waals surface area contributed by atoms with Gasteiger partial charge in [0, 0.05) is 45.8 Å². The summed E-state index contributed by atoms with van der Waals surface area (Å²) in [7, 11) is 2.21. The van der Waals surface area contributed by atoms with Gasteiger partial charge >= 0.3 is 0 Å². The van der Waals surface area contributed by atoms with Gasteiger partial charge in [0.15, 0.2) is 5.96 Å². The van der Waals surface area contributed by atoms with E-state index in [0.29, 0.717) is 6.10 Å². The van der Waals surface area contributed by atoms with Crippen molar-refractivity contribution in [3.8, 4) is 0 Å². The second-order valence-electron chi connectivity index (χ2n) is 8.02. The van der Waals surface area contributed by atoms with E-state index >= 15 is 0 Å². The number of hydrogen-bond acceptors (Lipinski definition) is 4. The Balaban J connectivity index is 0.00000392. The van der Waals surface area contributed by atoms with Gasteiger partial charge in [-0.25, -0.2) is 0 Å². The summed E-state index contributed by atoms with van der Waals surface area (Å²) < 4.78 is 6.06. The number of hydrogen-bond donors (Lipinski definition) is 2. The van der Waals surface area contributed by atoms with Crippen molar-refractivity contribution in [3.63, 3.8) is 0 Å². The average molecular weight is 510 g/mol. The van der Waals surface area contributed by atoms with Gasteiger partial charge in [0.1, 0.15) is 0 Å². The van der Waals surface area contributed by atoms with Gasteiger partial charge in [-0.2, -0.15) is 0 Å². The van der Waals surface area contributed by atoms with Crippen LogP contribution in [-0.4, -0.2) is 87.9 Å². The second kappa shape index (κ2) is 16.7. The van der Waals surface area contributed by atoms with Crippen molar-refractivity contribution in [2.75, 3.05) is 66.0 Å². The van der Waals surface area contributed by atoms with Crippen LogP contribution in [0.1, 0.15) is 58.3 Å². The number of rotatable bonds is 10. The van der Waals surface area contributed by atoms with Crippen molar-refractivity contribution in [2.45, 2.75) is 64.4 Å². The van der Waals surface area contributed by atoms with Crippen molar-refractivity contribution in [3.05, 3.63) is 0 Å². The molecule has 1 saturated carbocycles. The van der Waals surface area contributed by atoms with E-state index in [1.165, 1.54) is 77.7 Å². The second-order valence-corrected chi connectivity index (χ2v) is 8.02. The molecule has 0 unspecified atom stereocenters. The number of aliphatic imine (C=N–C) groups is 1. The van der Waals surface area contributed by atoms with E-state index in [-0.39, 0.29) is 24.0 Å². The highest BCUT2D eigenvalue weighted by atomic mass is 127. The Labute approximate surface area is 190 Å². The molecule has 0 bridgehead atoms. The summed E-state index contributed by atoms with van der Waals surface area (Å²) in [6.07, 6.45) is 10.8. The number of nitrogens with one attached hydrogen (secondary N) is 2. The first-order valence-corrected chi connectivity index (χ1v) is 11.3. The molecule has 6 nitrogen and oxygen atoms in total. The first kappa shape index (κ1) is 25.9. The van der Waals surface area contributed by atoms with Crippen LogP contribution in [0.4, 0.5) is 0 Å². The molecule has 0 aromatic heterocycles. The maximum atomic E-state index is 6.06. The number of nitrogens with zero attached hydrogens (tertiary/aromatic N) is 3. The minimum atomic E-state index is 0. The third kappa shape index (κ3) is 11.8. The van der Waals surface area contributed by atoms with Crippen LogP contribution in [0, 0.1) is 0 Å².